The summed E-state index contributed by atoms with van der Waals surface area (Å²) < 4.78 is 5.29. The van der Waals surface area contributed by atoms with Crippen molar-refractivity contribution in [2.24, 2.45) is 0 Å². The molecule has 2 amide bonds. The summed E-state index contributed by atoms with van der Waals surface area (Å²) in [4.78, 5) is 50.0. The molecule has 0 atom stereocenters. The lowest BCUT2D eigenvalue weighted by Crippen LogP contribution is -2.34. The van der Waals surface area contributed by atoms with E-state index in [1.54, 1.807) is 24.3 Å². The van der Waals surface area contributed by atoms with E-state index in [0.29, 0.717) is 18.1 Å². The van der Waals surface area contributed by atoms with Crippen LogP contribution in [0.2, 0.25) is 0 Å². The van der Waals surface area contributed by atoms with Crippen LogP contribution >= 0.6 is 11.8 Å². The number of amides is 2. The van der Waals surface area contributed by atoms with E-state index in [0.717, 1.165) is 33.6 Å². The van der Waals surface area contributed by atoms with Gasteiger partial charge >= 0.3 is 5.97 Å². The molecule has 0 fully saturated rings. The number of para-hydroxylation sites is 1. The molecule has 2 aromatic carbocycles. The number of anilines is 1. The van der Waals surface area contributed by atoms with Gasteiger partial charge in [0.25, 0.3) is 11.8 Å². The predicted molar refractivity (Wildman–Crippen MR) is 137 cm³/mol. The number of nitrogens with zero attached hydrogens (tertiary/aromatic N) is 3. The number of esters is 1. The summed E-state index contributed by atoms with van der Waals surface area (Å²) in [6.07, 6.45) is 0.654. The molecule has 9 heteroatoms. The third kappa shape index (κ3) is 5.46. The number of hydrogen-bond donors (Lipinski definition) is 1. The summed E-state index contributed by atoms with van der Waals surface area (Å²) in [7, 11) is 0. The maximum Gasteiger partial charge on any atom is 0.340 e. The standard InChI is InChI=1S/C27H26N4O4S/c1-4-14-35-26(34)20-12-8-9-13-21(20)31-24(32)22(28-16-19-10-6-5-7-11-19)23(25(31)33)36-27-29-17(2)15-18(3)30-27/h5-13,15,28H,4,14,16H2,1-3H3. The van der Waals surface area contributed by atoms with E-state index in [1.807, 2.05) is 57.2 Å². The molecule has 36 heavy (non-hydrogen) atoms. The van der Waals surface area contributed by atoms with Gasteiger partial charge in [-0.3, -0.25) is 9.59 Å². The molecule has 0 saturated carbocycles. The number of nitrogens with one attached hydrogen (secondary N) is 1. The number of carbonyl (C=O) groups is 3. The van der Waals surface area contributed by atoms with Gasteiger partial charge < -0.3 is 10.1 Å². The third-order valence-electron chi connectivity index (χ3n) is 5.31. The van der Waals surface area contributed by atoms with Gasteiger partial charge in [0.15, 0.2) is 5.16 Å². The number of imide groups is 1. The molecule has 1 N–H and O–H groups in total. The molecular formula is C27H26N4O4S. The zero-order valence-electron chi connectivity index (χ0n) is 20.3. The summed E-state index contributed by atoms with van der Waals surface area (Å²) in [6.45, 7) is 6.14. The molecule has 1 aromatic heterocycles. The average molecular weight is 503 g/mol. The van der Waals surface area contributed by atoms with Gasteiger partial charge in [-0.1, -0.05) is 49.4 Å². The Bertz CT molecular complexity index is 1320. The number of thioether (sulfide) groups is 1. The minimum Gasteiger partial charge on any atom is -0.462 e. The summed E-state index contributed by atoms with van der Waals surface area (Å²) in [6, 6.07) is 17.8. The Hall–Kier alpha value is -3.98. The highest BCUT2D eigenvalue weighted by Gasteiger charge is 2.42. The van der Waals surface area contributed by atoms with Crippen LogP contribution in [0.15, 0.2) is 76.4 Å². The molecule has 184 valence electrons. The molecule has 2 heterocycles. The zero-order valence-corrected chi connectivity index (χ0v) is 21.1. The summed E-state index contributed by atoms with van der Waals surface area (Å²) in [5.74, 6) is -1.71. The van der Waals surface area contributed by atoms with Crippen molar-refractivity contribution in [1.82, 2.24) is 15.3 Å². The van der Waals surface area contributed by atoms with Crippen LogP contribution in [0, 0.1) is 13.8 Å². The van der Waals surface area contributed by atoms with Crippen LogP contribution in [0.3, 0.4) is 0 Å². The van der Waals surface area contributed by atoms with E-state index in [-0.39, 0.29) is 28.5 Å². The highest BCUT2D eigenvalue weighted by atomic mass is 32.2. The molecule has 0 radical (unpaired) electrons. The second-order valence-electron chi connectivity index (χ2n) is 8.18. The molecule has 0 saturated heterocycles. The Morgan fingerprint density at radius 1 is 0.972 bits per heavy atom. The van der Waals surface area contributed by atoms with Crippen molar-refractivity contribution in [3.63, 3.8) is 0 Å². The Morgan fingerprint density at radius 2 is 1.64 bits per heavy atom. The van der Waals surface area contributed by atoms with Crippen LogP contribution in [0.4, 0.5) is 5.69 Å². The highest BCUT2D eigenvalue weighted by Crippen LogP contribution is 2.37. The number of carbonyl (C=O) groups excluding carboxylic acids is 3. The van der Waals surface area contributed by atoms with Crippen LogP contribution < -0.4 is 10.2 Å². The summed E-state index contributed by atoms with van der Waals surface area (Å²) in [5.41, 5.74) is 2.89. The Labute approximate surface area is 213 Å². The molecule has 3 aromatic rings. The average Bonchev–Trinajstić information content (AvgIpc) is 3.09. The zero-order chi connectivity index (χ0) is 25.7. The number of aromatic nitrogens is 2. The maximum atomic E-state index is 13.7. The lowest BCUT2D eigenvalue weighted by Gasteiger charge is -2.18. The van der Waals surface area contributed by atoms with E-state index in [4.69, 9.17) is 4.74 Å². The van der Waals surface area contributed by atoms with Crippen molar-refractivity contribution < 1.29 is 19.1 Å². The molecular weight excluding hydrogens is 476 g/mol. The number of rotatable bonds is 9. The molecule has 0 aliphatic carbocycles. The molecule has 0 bridgehead atoms. The van der Waals surface area contributed by atoms with Gasteiger partial charge in [-0.25, -0.2) is 19.7 Å². The number of benzene rings is 2. The van der Waals surface area contributed by atoms with Crippen molar-refractivity contribution in [3.8, 4) is 0 Å². The third-order valence-corrected chi connectivity index (χ3v) is 6.26. The minimum absolute atomic E-state index is 0.133. The fraction of sp³-hybridized carbons (Fsp3) is 0.222. The molecule has 4 rings (SSSR count). The quantitative estimate of drug-likeness (QED) is 0.262. The largest absolute Gasteiger partial charge is 0.462 e. The molecule has 1 aliphatic heterocycles. The summed E-state index contributed by atoms with van der Waals surface area (Å²) in [5, 5.41) is 3.50. The Morgan fingerprint density at radius 3 is 2.33 bits per heavy atom. The number of hydrogen-bond acceptors (Lipinski definition) is 8. The highest BCUT2D eigenvalue weighted by molar-refractivity contribution is 8.04. The Balaban J connectivity index is 1.72. The van der Waals surface area contributed by atoms with Crippen LogP contribution in [0.5, 0.6) is 0 Å². The normalized spacial score (nSPS) is 13.4. The van der Waals surface area contributed by atoms with Gasteiger partial charge in [0.2, 0.25) is 0 Å². The lowest BCUT2D eigenvalue weighted by atomic mass is 10.1. The minimum atomic E-state index is -0.592. The van der Waals surface area contributed by atoms with Crippen molar-refractivity contribution in [2.45, 2.75) is 38.9 Å². The number of ether oxygens (including phenoxy) is 1. The van der Waals surface area contributed by atoms with Crippen LogP contribution in [-0.2, 0) is 20.9 Å². The first-order valence-corrected chi connectivity index (χ1v) is 12.4. The van der Waals surface area contributed by atoms with E-state index >= 15 is 0 Å². The van der Waals surface area contributed by atoms with E-state index in [1.165, 1.54) is 0 Å². The topological polar surface area (TPSA) is 101 Å². The smallest absolute Gasteiger partial charge is 0.340 e. The van der Waals surface area contributed by atoms with Gasteiger partial charge in [0.1, 0.15) is 10.6 Å². The van der Waals surface area contributed by atoms with Crippen LogP contribution in [0.1, 0.15) is 40.7 Å². The van der Waals surface area contributed by atoms with Gasteiger partial charge in [0, 0.05) is 17.9 Å². The SMILES string of the molecule is CCCOC(=O)c1ccccc1N1C(=O)C(NCc2ccccc2)=C(Sc2nc(C)cc(C)n2)C1=O. The van der Waals surface area contributed by atoms with Crippen molar-refractivity contribution in [1.29, 1.82) is 0 Å². The second-order valence-corrected chi connectivity index (χ2v) is 9.15. The van der Waals surface area contributed by atoms with E-state index in [2.05, 4.69) is 15.3 Å². The lowest BCUT2D eigenvalue weighted by molar-refractivity contribution is -0.120. The van der Waals surface area contributed by atoms with Gasteiger partial charge in [-0.05, 0) is 55.8 Å². The second kappa shape index (κ2) is 11.2. The Kier molecular flexibility index (Phi) is 7.80. The maximum absolute atomic E-state index is 13.7. The van der Waals surface area contributed by atoms with E-state index in [9.17, 15) is 14.4 Å². The van der Waals surface area contributed by atoms with Crippen LogP contribution in [0.25, 0.3) is 0 Å². The van der Waals surface area contributed by atoms with Gasteiger partial charge in [0.05, 0.1) is 17.9 Å². The van der Waals surface area contributed by atoms with Crippen LogP contribution in [-0.4, -0.2) is 34.4 Å². The van der Waals surface area contributed by atoms with Gasteiger partial charge in [-0.2, -0.15) is 0 Å². The van der Waals surface area contributed by atoms with Crippen molar-refractivity contribution in [3.05, 3.63) is 93.8 Å². The fourth-order valence-electron chi connectivity index (χ4n) is 3.71. The predicted octanol–water partition coefficient (Wildman–Crippen LogP) is 4.33. The molecule has 0 spiro atoms. The number of aryl methyl sites for hydroxylation is 2. The van der Waals surface area contributed by atoms with Crippen molar-refractivity contribution in [2.75, 3.05) is 11.5 Å². The first kappa shape index (κ1) is 25.1. The first-order chi connectivity index (χ1) is 17.4. The van der Waals surface area contributed by atoms with Crippen molar-refractivity contribution >= 4 is 35.2 Å². The molecule has 8 nitrogen and oxygen atoms in total. The molecule has 0 unspecified atom stereocenters. The van der Waals surface area contributed by atoms with Gasteiger partial charge in [-0.15, -0.1) is 0 Å². The summed E-state index contributed by atoms with van der Waals surface area (Å²) >= 11 is 1.03. The fourth-order valence-corrected chi connectivity index (χ4v) is 4.71. The first-order valence-electron chi connectivity index (χ1n) is 11.6. The molecule has 1 aliphatic rings. The monoisotopic (exact) mass is 502 g/mol. The van der Waals surface area contributed by atoms with E-state index < -0.39 is 17.8 Å².